The van der Waals surface area contributed by atoms with Gasteiger partial charge in [-0.3, -0.25) is 0 Å². The first-order chi connectivity index (χ1) is 9.13. The Bertz CT molecular complexity index is 610. The number of anilines is 1. The molecule has 1 N–H and O–H groups in total. The van der Waals surface area contributed by atoms with Crippen LogP contribution >= 0.6 is 0 Å². The summed E-state index contributed by atoms with van der Waals surface area (Å²) in [5.41, 5.74) is 2.48. The fraction of sp³-hybridized carbons (Fsp3) is 0.200. The van der Waals surface area contributed by atoms with Gasteiger partial charge in [0.1, 0.15) is 11.9 Å². The molecule has 1 heterocycles. The molecule has 0 saturated heterocycles. The predicted molar refractivity (Wildman–Crippen MR) is 69.4 cm³/mol. The van der Waals surface area contributed by atoms with Crippen molar-refractivity contribution in [1.82, 2.24) is 0 Å². The van der Waals surface area contributed by atoms with Gasteiger partial charge in [0, 0.05) is 12.1 Å². The van der Waals surface area contributed by atoms with Gasteiger partial charge >= 0.3 is 0 Å². The molecule has 0 bridgehead atoms. The van der Waals surface area contributed by atoms with E-state index >= 15 is 0 Å². The Kier molecular flexibility index (Phi) is 2.85. The molecule has 98 valence electrons. The van der Waals surface area contributed by atoms with E-state index in [2.05, 4.69) is 5.32 Å². The number of rotatable bonds is 1. The van der Waals surface area contributed by atoms with E-state index in [1.807, 2.05) is 31.2 Å². The average molecular weight is 261 g/mol. The zero-order valence-electron chi connectivity index (χ0n) is 10.4. The summed E-state index contributed by atoms with van der Waals surface area (Å²) >= 11 is 0. The lowest BCUT2D eigenvalue weighted by molar-refractivity contribution is 0.200. The molecule has 1 atom stereocenters. The molecule has 0 aromatic heterocycles. The molecule has 19 heavy (non-hydrogen) atoms. The van der Waals surface area contributed by atoms with Gasteiger partial charge in [-0.2, -0.15) is 0 Å². The minimum atomic E-state index is -0.681. The largest absolute Gasteiger partial charge is 0.479 e. The highest BCUT2D eigenvalue weighted by molar-refractivity contribution is 5.59. The van der Waals surface area contributed by atoms with Crippen LogP contribution in [0.5, 0.6) is 5.75 Å². The van der Waals surface area contributed by atoms with Crippen LogP contribution in [-0.4, -0.2) is 6.54 Å². The van der Waals surface area contributed by atoms with Crippen molar-refractivity contribution >= 4 is 5.69 Å². The molecular formula is C15H13F2NO. The van der Waals surface area contributed by atoms with Crippen LogP contribution in [0.4, 0.5) is 14.5 Å². The second-order valence-electron chi connectivity index (χ2n) is 4.66. The van der Waals surface area contributed by atoms with Crippen molar-refractivity contribution in [2.24, 2.45) is 0 Å². The monoisotopic (exact) mass is 261 g/mol. The van der Waals surface area contributed by atoms with Crippen LogP contribution in [0.3, 0.4) is 0 Å². The normalized spacial score (nSPS) is 17.3. The van der Waals surface area contributed by atoms with Gasteiger partial charge in [0.05, 0.1) is 12.2 Å². The summed E-state index contributed by atoms with van der Waals surface area (Å²) in [4.78, 5) is 0. The lowest BCUT2D eigenvalue weighted by atomic mass is 10.1. The Balaban J connectivity index is 1.92. The van der Waals surface area contributed by atoms with Crippen molar-refractivity contribution in [3.63, 3.8) is 0 Å². The van der Waals surface area contributed by atoms with E-state index < -0.39 is 11.6 Å². The number of aryl methyl sites for hydroxylation is 1. The molecule has 1 aliphatic rings. The van der Waals surface area contributed by atoms with Gasteiger partial charge in [0.25, 0.3) is 0 Å². The first-order valence-corrected chi connectivity index (χ1v) is 6.09. The maximum absolute atomic E-state index is 13.7. The summed E-state index contributed by atoms with van der Waals surface area (Å²) in [7, 11) is 0. The number of hydrogen-bond acceptors (Lipinski definition) is 2. The summed E-state index contributed by atoms with van der Waals surface area (Å²) in [5.74, 6) is -1.21. The third-order valence-electron chi connectivity index (χ3n) is 3.20. The number of nitrogens with one attached hydrogen (secondary N) is 1. The van der Waals surface area contributed by atoms with Gasteiger partial charge in [-0.25, -0.2) is 8.78 Å². The summed E-state index contributed by atoms with van der Waals surface area (Å²) in [6.07, 6.45) is -0.270. The molecule has 2 nitrogen and oxygen atoms in total. The molecule has 4 heteroatoms. The quantitative estimate of drug-likeness (QED) is 0.842. The number of fused-ring (bicyclic) bond motifs is 1. The van der Waals surface area contributed by atoms with Gasteiger partial charge in [-0.05, 0) is 12.5 Å². The van der Waals surface area contributed by atoms with Gasteiger partial charge in [-0.1, -0.05) is 29.8 Å². The minimum absolute atomic E-state index is 0.0817. The van der Waals surface area contributed by atoms with Crippen LogP contribution in [0.15, 0.2) is 36.4 Å². The zero-order valence-corrected chi connectivity index (χ0v) is 10.4. The topological polar surface area (TPSA) is 21.3 Å². The third kappa shape index (κ3) is 2.26. The average Bonchev–Trinajstić information content (AvgIpc) is 2.39. The van der Waals surface area contributed by atoms with E-state index in [1.165, 1.54) is 6.07 Å². The Morgan fingerprint density at radius 1 is 1.16 bits per heavy atom. The predicted octanol–water partition coefficient (Wildman–Crippen LogP) is 3.82. The molecule has 0 radical (unpaired) electrons. The van der Waals surface area contributed by atoms with E-state index in [-0.39, 0.29) is 11.9 Å². The highest BCUT2D eigenvalue weighted by atomic mass is 19.1. The van der Waals surface area contributed by atoms with Crippen molar-refractivity contribution < 1.29 is 13.5 Å². The van der Waals surface area contributed by atoms with E-state index in [9.17, 15) is 8.78 Å². The smallest absolute Gasteiger partial charge is 0.179 e. The minimum Gasteiger partial charge on any atom is -0.479 e. The van der Waals surface area contributed by atoms with Gasteiger partial charge in [-0.15, -0.1) is 0 Å². The van der Waals surface area contributed by atoms with E-state index in [1.54, 1.807) is 0 Å². The maximum Gasteiger partial charge on any atom is 0.179 e. The first kappa shape index (κ1) is 12.0. The standard InChI is InChI=1S/C15H13F2NO/c1-9-2-4-10(5-3-9)14-8-18-13-7-11(16)6-12(17)15(13)19-14/h2-7,14,18H,8H2,1H3. The first-order valence-electron chi connectivity index (χ1n) is 6.09. The molecule has 0 amide bonds. The van der Waals surface area contributed by atoms with Crippen molar-refractivity contribution in [3.05, 3.63) is 59.2 Å². The van der Waals surface area contributed by atoms with Crippen LogP contribution in [0, 0.1) is 18.6 Å². The lowest BCUT2D eigenvalue weighted by Gasteiger charge is -2.28. The van der Waals surface area contributed by atoms with E-state index in [0.29, 0.717) is 12.2 Å². The Morgan fingerprint density at radius 3 is 2.63 bits per heavy atom. The number of halogens is 2. The van der Waals surface area contributed by atoms with Crippen molar-refractivity contribution in [2.45, 2.75) is 13.0 Å². The fourth-order valence-corrected chi connectivity index (χ4v) is 2.17. The number of hydrogen-bond donors (Lipinski definition) is 1. The Hall–Kier alpha value is -2.10. The fourth-order valence-electron chi connectivity index (χ4n) is 2.17. The number of ether oxygens (including phenoxy) is 1. The maximum atomic E-state index is 13.7. The zero-order chi connectivity index (χ0) is 13.4. The van der Waals surface area contributed by atoms with Gasteiger partial charge in [0.15, 0.2) is 11.6 Å². The molecule has 1 aliphatic heterocycles. The summed E-state index contributed by atoms with van der Waals surface area (Å²) in [6, 6.07) is 9.94. The molecule has 1 unspecified atom stereocenters. The van der Waals surface area contributed by atoms with Crippen LogP contribution in [0.25, 0.3) is 0 Å². The molecule has 3 rings (SSSR count). The molecule has 0 spiro atoms. The summed E-state index contributed by atoms with van der Waals surface area (Å²) in [5, 5.41) is 3.00. The molecule has 0 aliphatic carbocycles. The van der Waals surface area contributed by atoms with Crippen LogP contribution < -0.4 is 10.1 Å². The Labute approximate surface area is 110 Å². The third-order valence-corrected chi connectivity index (χ3v) is 3.20. The molecule has 2 aromatic rings. The lowest BCUT2D eigenvalue weighted by Crippen LogP contribution is -2.24. The van der Waals surface area contributed by atoms with Crippen molar-refractivity contribution in [1.29, 1.82) is 0 Å². The van der Waals surface area contributed by atoms with Crippen LogP contribution in [0.1, 0.15) is 17.2 Å². The van der Waals surface area contributed by atoms with Crippen LogP contribution in [-0.2, 0) is 0 Å². The highest BCUT2D eigenvalue weighted by Gasteiger charge is 2.24. The van der Waals surface area contributed by atoms with Gasteiger partial charge in [0.2, 0.25) is 0 Å². The van der Waals surface area contributed by atoms with E-state index in [0.717, 1.165) is 17.2 Å². The summed E-state index contributed by atoms with van der Waals surface area (Å²) < 4.78 is 32.4. The van der Waals surface area contributed by atoms with E-state index in [4.69, 9.17) is 4.74 Å². The van der Waals surface area contributed by atoms with Crippen molar-refractivity contribution in [3.8, 4) is 5.75 Å². The molecular weight excluding hydrogens is 248 g/mol. The summed E-state index contributed by atoms with van der Waals surface area (Å²) in [6.45, 7) is 2.49. The van der Waals surface area contributed by atoms with Crippen molar-refractivity contribution in [2.75, 3.05) is 11.9 Å². The van der Waals surface area contributed by atoms with Crippen LogP contribution in [0.2, 0.25) is 0 Å². The highest BCUT2D eigenvalue weighted by Crippen LogP contribution is 2.36. The molecule has 0 saturated carbocycles. The molecule has 0 fully saturated rings. The van der Waals surface area contributed by atoms with Gasteiger partial charge < -0.3 is 10.1 Å². The second kappa shape index (κ2) is 4.53. The number of benzene rings is 2. The Morgan fingerprint density at radius 2 is 1.89 bits per heavy atom. The molecule has 2 aromatic carbocycles. The second-order valence-corrected chi connectivity index (χ2v) is 4.66. The SMILES string of the molecule is Cc1ccc(C2CNc3cc(F)cc(F)c3O2)cc1.